The number of benzene rings is 1. The number of ether oxygens (including phenoxy) is 1. The van der Waals surface area contributed by atoms with Gasteiger partial charge in [-0.3, -0.25) is 10.1 Å². The van der Waals surface area contributed by atoms with Crippen LogP contribution >= 0.6 is 23.2 Å². The molecule has 200 valence electrons. The molecule has 5 rings (SSSR count). The Morgan fingerprint density at radius 1 is 1.18 bits per heavy atom. The van der Waals surface area contributed by atoms with E-state index in [-0.39, 0.29) is 5.75 Å². The highest BCUT2D eigenvalue weighted by atomic mass is 35.5. The Kier molecular flexibility index (Phi) is 7.21. The van der Waals surface area contributed by atoms with Gasteiger partial charge in [0.1, 0.15) is 33.1 Å². The van der Waals surface area contributed by atoms with Gasteiger partial charge >= 0.3 is 0 Å². The number of halogens is 2. The van der Waals surface area contributed by atoms with Crippen LogP contribution < -0.4 is 15.4 Å². The number of fused-ring (bicyclic) bond motifs is 1. The zero-order valence-corrected chi connectivity index (χ0v) is 23.2. The molecule has 2 atom stereocenters. The highest BCUT2D eigenvalue weighted by Crippen LogP contribution is 2.35. The maximum absolute atomic E-state index is 11.6. The Balaban J connectivity index is 1.33. The molecule has 1 saturated heterocycles. The highest BCUT2D eigenvalue weighted by Gasteiger charge is 2.35. The van der Waals surface area contributed by atoms with Crippen LogP contribution in [0, 0.1) is 0 Å². The summed E-state index contributed by atoms with van der Waals surface area (Å²) >= 11 is 12.6. The van der Waals surface area contributed by atoms with E-state index in [1.54, 1.807) is 0 Å². The largest absolute Gasteiger partial charge is 0.486 e. The van der Waals surface area contributed by atoms with Crippen LogP contribution in [0.5, 0.6) is 5.75 Å². The number of hydrogen-bond acceptors (Lipinski definition) is 9. The molecule has 0 aliphatic carbocycles. The van der Waals surface area contributed by atoms with E-state index < -0.39 is 21.5 Å². The summed E-state index contributed by atoms with van der Waals surface area (Å²) in [7, 11) is -3.07. The first-order chi connectivity index (χ1) is 18.0. The number of rotatable bonds is 8. The molecular weight excluding hydrogens is 549 g/mol. The van der Waals surface area contributed by atoms with Crippen molar-refractivity contribution in [1.82, 2.24) is 25.4 Å². The lowest BCUT2D eigenvalue weighted by atomic mass is 9.97. The van der Waals surface area contributed by atoms with Gasteiger partial charge in [0.25, 0.3) is 0 Å². The monoisotopic (exact) mass is 575 g/mol. The van der Waals surface area contributed by atoms with Gasteiger partial charge in [0.2, 0.25) is 0 Å². The molecule has 10 nitrogen and oxygen atoms in total. The third-order valence-electron chi connectivity index (χ3n) is 6.72. The molecule has 3 N–H and O–H groups in total. The van der Waals surface area contributed by atoms with Crippen molar-refractivity contribution in [3.63, 3.8) is 0 Å². The van der Waals surface area contributed by atoms with Crippen LogP contribution in [0.1, 0.15) is 31.4 Å². The van der Waals surface area contributed by atoms with Gasteiger partial charge in [-0.2, -0.15) is 5.10 Å². The average Bonchev–Trinajstić information content (AvgIpc) is 3.46. The van der Waals surface area contributed by atoms with Gasteiger partial charge in [-0.05, 0) is 50.1 Å². The smallest absolute Gasteiger partial charge is 0.151 e. The highest BCUT2D eigenvalue weighted by molar-refractivity contribution is 7.90. The van der Waals surface area contributed by atoms with Crippen molar-refractivity contribution in [3.05, 3.63) is 58.3 Å². The first-order valence-corrected chi connectivity index (χ1v) is 14.8. The molecule has 4 heterocycles. The number of nitrogens with one attached hydrogen (secondary N) is 1. The summed E-state index contributed by atoms with van der Waals surface area (Å²) in [6.07, 6.45) is 5.00. The SMILES string of the molecule is C[C@@H](Oc1ccc2[nH]nc(-c3ccc(N4CC[C@](N)(CCS(C)(=O)=O)C4)nn3)c2c1)c1c(Cl)cncc1Cl. The lowest BCUT2D eigenvalue weighted by Gasteiger charge is -2.24. The minimum absolute atomic E-state index is 0.0707. The Hall–Kier alpha value is -2.99. The Bertz CT molecular complexity index is 1560. The summed E-state index contributed by atoms with van der Waals surface area (Å²) < 4.78 is 29.3. The van der Waals surface area contributed by atoms with Gasteiger partial charge in [0.15, 0.2) is 5.82 Å². The fraction of sp³-hybridized carbons (Fsp3) is 0.360. The summed E-state index contributed by atoms with van der Waals surface area (Å²) in [5.74, 6) is 1.37. The molecule has 13 heteroatoms. The first-order valence-electron chi connectivity index (χ1n) is 12.0. The number of sulfone groups is 1. The molecule has 0 radical (unpaired) electrons. The van der Waals surface area contributed by atoms with E-state index in [0.717, 1.165) is 10.9 Å². The van der Waals surface area contributed by atoms with E-state index in [9.17, 15) is 8.42 Å². The van der Waals surface area contributed by atoms with Gasteiger partial charge in [-0.25, -0.2) is 8.42 Å². The number of nitrogens with two attached hydrogens (primary N) is 1. The number of aromatic nitrogens is 5. The Morgan fingerprint density at radius 2 is 1.95 bits per heavy atom. The molecule has 0 saturated carbocycles. The van der Waals surface area contributed by atoms with Crippen LogP contribution in [0.15, 0.2) is 42.7 Å². The third-order valence-corrected chi connectivity index (χ3v) is 8.27. The molecular formula is C25H27Cl2N7O3S. The van der Waals surface area contributed by atoms with Crippen molar-refractivity contribution in [2.45, 2.75) is 31.4 Å². The molecule has 4 aromatic rings. The van der Waals surface area contributed by atoms with Crippen LogP contribution in [0.2, 0.25) is 10.0 Å². The summed E-state index contributed by atoms with van der Waals surface area (Å²) in [5.41, 5.74) is 8.62. The minimum Gasteiger partial charge on any atom is -0.486 e. The first kappa shape index (κ1) is 26.6. The number of pyridine rings is 1. The van der Waals surface area contributed by atoms with Gasteiger partial charge in [0.05, 0.1) is 21.3 Å². The molecule has 0 bridgehead atoms. The zero-order valence-electron chi connectivity index (χ0n) is 20.9. The number of anilines is 1. The summed E-state index contributed by atoms with van der Waals surface area (Å²) in [6.45, 7) is 3.07. The molecule has 1 aliphatic heterocycles. The van der Waals surface area contributed by atoms with Crippen molar-refractivity contribution in [2.24, 2.45) is 5.73 Å². The van der Waals surface area contributed by atoms with E-state index >= 15 is 0 Å². The second-order valence-electron chi connectivity index (χ2n) is 9.75. The van der Waals surface area contributed by atoms with Gasteiger partial charge in [-0.15, -0.1) is 10.2 Å². The van der Waals surface area contributed by atoms with Crippen molar-refractivity contribution in [2.75, 3.05) is 30.0 Å². The summed E-state index contributed by atoms with van der Waals surface area (Å²) in [5, 5.41) is 18.0. The van der Waals surface area contributed by atoms with E-state index in [4.69, 9.17) is 33.7 Å². The molecule has 1 aromatic carbocycles. The number of H-pyrrole nitrogens is 1. The van der Waals surface area contributed by atoms with Crippen LogP contribution in [0.3, 0.4) is 0 Å². The standard InChI is InChI=1S/C25H27Cl2N7O3S/c1-15(23-18(26)12-29-13-19(23)27)37-16-3-4-20-17(11-16)24(33-30-20)21-5-6-22(32-31-21)34-9-7-25(28,14-34)8-10-38(2,35)36/h3-6,11-13,15H,7-10,14,28H2,1-2H3,(H,30,33)/t15-,25+/m1/s1. The van der Waals surface area contributed by atoms with Gasteiger partial charge in [0, 0.05) is 48.2 Å². The number of nitrogens with zero attached hydrogens (tertiary/aromatic N) is 5. The lowest BCUT2D eigenvalue weighted by molar-refractivity contribution is 0.227. The molecule has 0 spiro atoms. The second kappa shape index (κ2) is 10.3. The van der Waals surface area contributed by atoms with Crippen LogP contribution in [0.25, 0.3) is 22.3 Å². The van der Waals surface area contributed by atoms with Crippen molar-refractivity contribution >= 4 is 49.8 Å². The van der Waals surface area contributed by atoms with E-state index in [1.807, 2.05) is 42.2 Å². The minimum atomic E-state index is -3.07. The number of hydrogen-bond donors (Lipinski definition) is 2. The lowest BCUT2D eigenvalue weighted by Crippen LogP contribution is -2.44. The zero-order chi connectivity index (χ0) is 27.1. The van der Waals surface area contributed by atoms with Crippen LogP contribution in [-0.2, 0) is 9.84 Å². The third kappa shape index (κ3) is 5.70. The normalized spacial score (nSPS) is 18.7. The van der Waals surface area contributed by atoms with E-state index in [2.05, 4.69) is 25.4 Å². The maximum atomic E-state index is 11.6. The number of aromatic amines is 1. The fourth-order valence-electron chi connectivity index (χ4n) is 4.64. The summed E-state index contributed by atoms with van der Waals surface area (Å²) in [6, 6.07) is 9.34. The van der Waals surface area contributed by atoms with Crippen LogP contribution in [-0.4, -0.2) is 64.4 Å². The van der Waals surface area contributed by atoms with Gasteiger partial charge in [-0.1, -0.05) is 23.2 Å². The molecule has 1 aliphatic rings. The fourth-order valence-corrected chi connectivity index (χ4v) is 6.09. The predicted octanol–water partition coefficient (Wildman–Crippen LogP) is 4.20. The Morgan fingerprint density at radius 3 is 2.63 bits per heavy atom. The van der Waals surface area contributed by atoms with E-state index in [0.29, 0.717) is 64.5 Å². The average molecular weight is 577 g/mol. The molecule has 3 aromatic heterocycles. The van der Waals surface area contributed by atoms with Crippen LogP contribution in [0.4, 0.5) is 5.82 Å². The second-order valence-corrected chi connectivity index (χ2v) is 12.8. The van der Waals surface area contributed by atoms with Gasteiger partial charge < -0.3 is 15.4 Å². The van der Waals surface area contributed by atoms with Crippen molar-refractivity contribution < 1.29 is 13.2 Å². The quantitative estimate of drug-likeness (QED) is 0.316. The predicted molar refractivity (Wildman–Crippen MR) is 148 cm³/mol. The molecule has 0 amide bonds. The molecule has 0 unspecified atom stereocenters. The summed E-state index contributed by atoms with van der Waals surface area (Å²) in [4.78, 5) is 6.02. The Labute approximate surface area is 230 Å². The van der Waals surface area contributed by atoms with E-state index in [1.165, 1.54) is 18.6 Å². The molecule has 1 fully saturated rings. The van der Waals surface area contributed by atoms with Crippen molar-refractivity contribution in [1.29, 1.82) is 0 Å². The van der Waals surface area contributed by atoms with Crippen molar-refractivity contribution in [3.8, 4) is 17.1 Å². The topological polar surface area (TPSA) is 140 Å². The molecule has 38 heavy (non-hydrogen) atoms. The maximum Gasteiger partial charge on any atom is 0.151 e.